The van der Waals surface area contributed by atoms with Gasteiger partial charge < -0.3 is 11.2 Å². The predicted octanol–water partition coefficient (Wildman–Crippen LogP) is 1.47. The van der Waals surface area contributed by atoms with Crippen LogP contribution in [0, 0.1) is 5.82 Å². The number of hydrogen-bond acceptors (Lipinski definition) is 3. The van der Waals surface area contributed by atoms with E-state index in [0.29, 0.717) is 12.2 Å². The molecule has 0 amide bonds. The van der Waals surface area contributed by atoms with Crippen molar-refractivity contribution in [2.75, 3.05) is 12.0 Å². The van der Waals surface area contributed by atoms with E-state index in [1.54, 1.807) is 12.1 Å². The Kier molecular flexibility index (Phi) is 4.10. The molecule has 0 unspecified atom stereocenters. The highest BCUT2D eigenvalue weighted by molar-refractivity contribution is 5.55. The van der Waals surface area contributed by atoms with E-state index in [1.165, 1.54) is 6.07 Å². The van der Waals surface area contributed by atoms with Crippen LogP contribution in [-0.2, 0) is 0 Å². The maximum atomic E-state index is 13.2. The number of halogens is 1. The minimum atomic E-state index is -0.359. The monoisotopic (exact) mass is 195 g/mol. The highest BCUT2D eigenvalue weighted by Gasteiger charge is 1.99. The van der Waals surface area contributed by atoms with Crippen molar-refractivity contribution in [2.24, 2.45) is 11.6 Å². The van der Waals surface area contributed by atoms with Crippen LogP contribution in [0.5, 0.6) is 0 Å². The van der Waals surface area contributed by atoms with Crippen LogP contribution < -0.4 is 17.0 Å². The van der Waals surface area contributed by atoms with Gasteiger partial charge in [0, 0.05) is 0 Å². The van der Waals surface area contributed by atoms with Crippen molar-refractivity contribution in [1.29, 1.82) is 0 Å². The molecule has 3 nitrogen and oxygen atoms in total. The van der Waals surface area contributed by atoms with Crippen LogP contribution in [0.4, 0.5) is 10.1 Å². The first-order valence-corrected chi connectivity index (χ1v) is 4.40. The molecule has 5 N–H and O–H groups in total. The summed E-state index contributed by atoms with van der Waals surface area (Å²) in [7, 11) is 0. The van der Waals surface area contributed by atoms with E-state index in [0.717, 1.165) is 12.0 Å². The average Bonchev–Trinajstić information content (AvgIpc) is 2.18. The van der Waals surface area contributed by atoms with Crippen LogP contribution in [0.15, 0.2) is 24.3 Å². The van der Waals surface area contributed by atoms with Gasteiger partial charge in [-0.3, -0.25) is 5.84 Å². The molecule has 0 radical (unpaired) electrons. The number of nitrogens with one attached hydrogen (secondary N) is 1. The summed E-state index contributed by atoms with van der Waals surface area (Å²) in [6, 6.07) is 4.80. The molecule has 0 aliphatic heterocycles. The predicted molar refractivity (Wildman–Crippen MR) is 56.9 cm³/mol. The summed E-state index contributed by atoms with van der Waals surface area (Å²) in [5, 5.41) is 0. The van der Waals surface area contributed by atoms with Crippen LogP contribution >= 0.6 is 0 Å². The summed E-state index contributed by atoms with van der Waals surface area (Å²) < 4.78 is 13.2. The molecule has 0 bridgehead atoms. The highest BCUT2D eigenvalue weighted by Crippen LogP contribution is 2.15. The Labute approximate surface area is 82.6 Å². The van der Waals surface area contributed by atoms with Crippen molar-refractivity contribution < 1.29 is 4.39 Å². The van der Waals surface area contributed by atoms with Gasteiger partial charge in [0.1, 0.15) is 5.82 Å². The molecule has 1 aromatic rings. The van der Waals surface area contributed by atoms with Gasteiger partial charge in [-0.2, -0.15) is 0 Å². The van der Waals surface area contributed by atoms with Crippen molar-refractivity contribution in [3.8, 4) is 0 Å². The number of nitrogens with two attached hydrogens (primary N) is 2. The average molecular weight is 195 g/mol. The van der Waals surface area contributed by atoms with E-state index in [-0.39, 0.29) is 5.82 Å². The summed E-state index contributed by atoms with van der Waals surface area (Å²) in [6.07, 6.45) is 4.53. The minimum Gasteiger partial charge on any atom is -0.330 e. The Morgan fingerprint density at radius 3 is 2.79 bits per heavy atom. The third-order valence-corrected chi connectivity index (χ3v) is 1.79. The Morgan fingerprint density at radius 2 is 2.21 bits per heavy atom. The molecule has 14 heavy (non-hydrogen) atoms. The molecular weight excluding hydrogens is 181 g/mol. The summed E-state index contributed by atoms with van der Waals surface area (Å²) in [6.45, 7) is 0.599. The first-order valence-electron chi connectivity index (χ1n) is 4.40. The lowest BCUT2D eigenvalue weighted by Gasteiger charge is -2.01. The number of hydrazine groups is 1. The van der Waals surface area contributed by atoms with E-state index in [2.05, 4.69) is 5.43 Å². The quantitative estimate of drug-likeness (QED) is 0.503. The maximum absolute atomic E-state index is 13.2. The lowest BCUT2D eigenvalue weighted by molar-refractivity contribution is 0.630. The van der Waals surface area contributed by atoms with Crippen molar-refractivity contribution in [3.63, 3.8) is 0 Å². The second kappa shape index (κ2) is 5.36. The lowest BCUT2D eigenvalue weighted by atomic mass is 10.2. The SMILES string of the molecule is NCCC=Cc1ccc(NN)c(F)c1. The molecule has 0 spiro atoms. The molecule has 0 heterocycles. The second-order valence-corrected chi connectivity index (χ2v) is 2.86. The van der Waals surface area contributed by atoms with Gasteiger partial charge in [-0.05, 0) is 30.7 Å². The van der Waals surface area contributed by atoms with Gasteiger partial charge in [0.2, 0.25) is 0 Å². The number of benzene rings is 1. The Bertz CT molecular complexity index is 323. The number of hydrogen-bond donors (Lipinski definition) is 3. The van der Waals surface area contributed by atoms with Crippen molar-refractivity contribution in [3.05, 3.63) is 35.7 Å². The Morgan fingerprint density at radius 1 is 1.43 bits per heavy atom. The molecule has 0 saturated carbocycles. The summed E-state index contributed by atoms with van der Waals surface area (Å²) in [5.41, 5.74) is 8.68. The standard InChI is InChI=1S/C10H14FN3/c11-9-7-8(3-1-2-6-12)4-5-10(9)14-13/h1,3-5,7,14H,2,6,12-13H2. The molecule has 0 aliphatic rings. The van der Waals surface area contributed by atoms with Crippen LogP contribution in [0.1, 0.15) is 12.0 Å². The molecule has 1 rings (SSSR count). The first-order chi connectivity index (χ1) is 6.77. The smallest absolute Gasteiger partial charge is 0.148 e. The van der Waals surface area contributed by atoms with Crippen molar-refractivity contribution in [1.82, 2.24) is 0 Å². The fourth-order valence-electron chi connectivity index (χ4n) is 1.07. The molecular formula is C10H14FN3. The normalized spacial score (nSPS) is 10.8. The summed E-state index contributed by atoms with van der Waals surface area (Å²) in [4.78, 5) is 0. The Hall–Kier alpha value is -1.39. The van der Waals surface area contributed by atoms with E-state index in [1.807, 2.05) is 12.2 Å². The molecule has 0 saturated heterocycles. The lowest BCUT2D eigenvalue weighted by Crippen LogP contribution is -2.08. The van der Waals surface area contributed by atoms with Gasteiger partial charge >= 0.3 is 0 Å². The van der Waals surface area contributed by atoms with E-state index >= 15 is 0 Å². The van der Waals surface area contributed by atoms with Crippen molar-refractivity contribution >= 4 is 11.8 Å². The van der Waals surface area contributed by atoms with Crippen LogP contribution in [0.3, 0.4) is 0 Å². The highest BCUT2D eigenvalue weighted by atomic mass is 19.1. The number of anilines is 1. The van der Waals surface area contributed by atoms with Gasteiger partial charge in [0.25, 0.3) is 0 Å². The van der Waals surface area contributed by atoms with Crippen molar-refractivity contribution in [2.45, 2.75) is 6.42 Å². The third kappa shape index (κ3) is 2.83. The zero-order valence-corrected chi connectivity index (χ0v) is 7.83. The van der Waals surface area contributed by atoms with E-state index in [9.17, 15) is 4.39 Å². The number of nitrogen functional groups attached to an aromatic ring is 1. The molecule has 1 aromatic carbocycles. The van der Waals surface area contributed by atoms with Crippen LogP contribution in [0.2, 0.25) is 0 Å². The van der Waals surface area contributed by atoms with Gasteiger partial charge in [-0.1, -0.05) is 18.2 Å². The molecule has 0 aromatic heterocycles. The maximum Gasteiger partial charge on any atom is 0.148 e. The van der Waals surface area contributed by atoms with Crippen LogP contribution in [-0.4, -0.2) is 6.54 Å². The molecule has 0 atom stereocenters. The topological polar surface area (TPSA) is 64.1 Å². The third-order valence-electron chi connectivity index (χ3n) is 1.79. The van der Waals surface area contributed by atoms with Gasteiger partial charge in [0.05, 0.1) is 5.69 Å². The van der Waals surface area contributed by atoms with Gasteiger partial charge in [-0.25, -0.2) is 4.39 Å². The molecule has 0 aliphatic carbocycles. The minimum absolute atomic E-state index is 0.293. The van der Waals surface area contributed by atoms with E-state index in [4.69, 9.17) is 11.6 Å². The summed E-state index contributed by atoms with van der Waals surface area (Å²) in [5.74, 6) is 4.74. The zero-order chi connectivity index (χ0) is 10.4. The molecule has 4 heteroatoms. The van der Waals surface area contributed by atoms with Gasteiger partial charge in [-0.15, -0.1) is 0 Å². The first kappa shape index (κ1) is 10.7. The number of rotatable bonds is 4. The molecule has 76 valence electrons. The Balaban J connectivity index is 2.76. The largest absolute Gasteiger partial charge is 0.330 e. The van der Waals surface area contributed by atoms with E-state index < -0.39 is 0 Å². The fourth-order valence-corrected chi connectivity index (χ4v) is 1.07. The molecule has 0 fully saturated rings. The summed E-state index contributed by atoms with van der Waals surface area (Å²) >= 11 is 0. The van der Waals surface area contributed by atoms with Crippen LogP contribution in [0.25, 0.3) is 6.08 Å². The van der Waals surface area contributed by atoms with Gasteiger partial charge in [0.15, 0.2) is 0 Å². The zero-order valence-electron chi connectivity index (χ0n) is 7.83. The fraction of sp³-hybridized carbons (Fsp3) is 0.200. The second-order valence-electron chi connectivity index (χ2n) is 2.86.